The number of furan rings is 1. The summed E-state index contributed by atoms with van der Waals surface area (Å²) >= 11 is 0. The van der Waals surface area contributed by atoms with E-state index < -0.39 is 0 Å². The Morgan fingerprint density at radius 2 is 2.00 bits per heavy atom. The summed E-state index contributed by atoms with van der Waals surface area (Å²) in [6.07, 6.45) is 2.66. The molecule has 3 atom stereocenters. The van der Waals surface area contributed by atoms with Crippen LogP contribution in [-0.2, 0) is 0 Å². The van der Waals surface area contributed by atoms with Gasteiger partial charge in [0, 0.05) is 12.1 Å². The fraction of sp³-hybridized carbons (Fsp3) is 0.733. The molecule has 104 valence electrons. The van der Waals surface area contributed by atoms with Crippen molar-refractivity contribution in [2.24, 2.45) is 11.1 Å². The van der Waals surface area contributed by atoms with E-state index in [1.165, 1.54) is 0 Å². The van der Waals surface area contributed by atoms with Gasteiger partial charge in [0.25, 0.3) is 0 Å². The molecule has 3 heteroatoms. The van der Waals surface area contributed by atoms with Crippen molar-refractivity contribution in [2.75, 3.05) is 7.05 Å². The number of hydrogen-bond donors (Lipinski definition) is 1. The zero-order valence-corrected chi connectivity index (χ0v) is 12.6. The van der Waals surface area contributed by atoms with Gasteiger partial charge in [-0.2, -0.15) is 0 Å². The van der Waals surface area contributed by atoms with Crippen LogP contribution in [0, 0.1) is 5.41 Å². The highest BCUT2D eigenvalue weighted by Gasteiger charge is 2.33. The molecule has 1 rings (SSSR count). The van der Waals surface area contributed by atoms with Gasteiger partial charge >= 0.3 is 0 Å². The lowest BCUT2D eigenvalue weighted by Gasteiger charge is -2.41. The minimum atomic E-state index is 0.0888. The highest BCUT2D eigenvalue weighted by Crippen LogP contribution is 2.32. The molecular weight excluding hydrogens is 224 g/mol. The molecule has 0 aromatic carbocycles. The molecule has 1 aromatic heterocycles. The van der Waals surface area contributed by atoms with E-state index in [1.54, 1.807) is 6.26 Å². The number of likely N-dealkylation sites (N-methyl/N-ethyl adjacent to an activating group) is 1. The van der Waals surface area contributed by atoms with Crippen molar-refractivity contribution >= 4 is 0 Å². The van der Waals surface area contributed by atoms with Crippen LogP contribution in [0.15, 0.2) is 22.8 Å². The molecule has 0 saturated heterocycles. The van der Waals surface area contributed by atoms with Gasteiger partial charge in [0.05, 0.1) is 12.3 Å². The first-order valence-corrected chi connectivity index (χ1v) is 6.80. The summed E-state index contributed by atoms with van der Waals surface area (Å²) in [5.74, 6) is 0.961. The molecule has 0 aliphatic heterocycles. The molecule has 3 nitrogen and oxygen atoms in total. The average Bonchev–Trinajstić information content (AvgIpc) is 2.80. The molecule has 0 amide bonds. The lowest BCUT2D eigenvalue weighted by atomic mass is 9.85. The lowest BCUT2D eigenvalue weighted by molar-refractivity contribution is 0.0721. The molecule has 3 unspecified atom stereocenters. The van der Waals surface area contributed by atoms with Crippen LogP contribution in [0.2, 0.25) is 0 Å². The Kier molecular flexibility index (Phi) is 5.00. The van der Waals surface area contributed by atoms with Crippen LogP contribution >= 0.6 is 0 Å². The highest BCUT2D eigenvalue weighted by molar-refractivity contribution is 5.08. The number of hydrogen-bond acceptors (Lipinski definition) is 3. The van der Waals surface area contributed by atoms with Gasteiger partial charge in [-0.25, -0.2) is 0 Å². The van der Waals surface area contributed by atoms with Gasteiger partial charge in [0.2, 0.25) is 0 Å². The molecule has 0 saturated carbocycles. The van der Waals surface area contributed by atoms with Gasteiger partial charge in [-0.3, -0.25) is 4.90 Å². The van der Waals surface area contributed by atoms with E-state index in [4.69, 9.17) is 10.2 Å². The van der Waals surface area contributed by atoms with Crippen molar-refractivity contribution in [1.82, 2.24) is 4.90 Å². The van der Waals surface area contributed by atoms with Crippen molar-refractivity contribution in [3.05, 3.63) is 24.2 Å². The minimum absolute atomic E-state index is 0.0888. The van der Waals surface area contributed by atoms with Gasteiger partial charge in [0.15, 0.2) is 0 Å². The van der Waals surface area contributed by atoms with Gasteiger partial charge in [-0.15, -0.1) is 0 Å². The van der Waals surface area contributed by atoms with E-state index in [-0.39, 0.29) is 17.5 Å². The zero-order chi connectivity index (χ0) is 13.9. The summed E-state index contributed by atoms with van der Waals surface area (Å²) in [6.45, 7) is 11.1. The second-order valence-corrected chi connectivity index (χ2v) is 6.24. The van der Waals surface area contributed by atoms with Crippen LogP contribution in [0.5, 0.6) is 0 Å². The predicted octanol–water partition coefficient (Wildman–Crippen LogP) is 3.42. The van der Waals surface area contributed by atoms with Crippen molar-refractivity contribution in [2.45, 2.75) is 59.2 Å². The topological polar surface area (TPSA) is 42.4 Å². The fourth-order valence-corrected chi connectivity index (χ4v) is 2.25. The third-order valence-electron chi connectivity index (χ3n) is 4.01. The molecular formula is C15H28N2O. The number of rotatable bonds is 5. The summed E-state index contributed by atoms with van der Waals surface area (Å²) in [7, 11) is 2.14. The first-order chi connectivity index (χ1) is 8.29. The molecule has 0 fully saturated rings. The van der Waals surface area contributed by atoms with E-state index in [9.17, 15) is 0 Å². The second-order valence-electron chi connectivity index (χ2n) is 6.24. The zero-order valence-electron chi connectivity index (χ0n) is 12.6. The normalized spacial score (nSPS) is 17.8. The molecule has 1 aromatic rings. The van der Waals surface area contributed by atoms with Crippen molar-refractivity contribution in [3.8, 4) is 0 Å². The van der Waals surface area contributed by atoms with Crippen LogP contribution in [-0.4, -0.2) is 24.0 Å². The number of nitrogens with zero attached hydrogens (tertiary/aromatic N) is 1. The maximum Gasteiger partial charge on any atom is 0.122 e. The van der Waals surface area contributed by atoms with E-state index in [1.807, 2.05) is 12.1 Å². The Labute approximate surface area is 111 Å². The Balaban J connectivity index is 2.97. The molecule has 2 N–H and O–H groups in total. The standard InChI is InChI=1S/C15H28N2O/c1-7-12(16)14(13-9-8-10-18-13)17(6)11(2)15(3,4)5/h8-12,14H,7,16H2,1-6H3. The van der Waals surface area contributed by atoms with Crippen LogP contribution in [0.4, 0.5) is 0 Å². The molecule has 0 aliphatic carbocycles. The molecule has 0 spiro atoms. The summed E-state index contributed by atoms with van der Waals surface area (Å²) in [5, 5.41) is 0. The van der Waals surface area contributed by atoms with Gasteiger partial charge in [-0.1, -0.05) is 27.7 Å². The Bertz CT molecular complexity index is 340. The van der Waals surface area contributed by atoms with E-state index in [0.29, 0.717) is 6.04 Å². The Morgan fingerprint density at radius 3 is 2.39 bits per heavy atom. The van der Waals surface area contributed by atoms with Gasteiger partial charge < -0.3 is 10.2 Å². The first kappa shape index (κ1) is 15.3. The molecule has 0 radical (unpaired) electrons. The van der Waals surface area contributed by atoms with Crippen molar-refractivity contribution in [3.63, 3.8) is 0 Å². The summed E-state index contributed by atoms with van der Waals surface area (Å²) in [5.41, 5.74) is 6.50. The Hall–Kier alpha value is -0.800. The van der Waals surface area contributed by atoms with Crippen LogP contribution in [0.25, 0.3) is 0 Å². The minimum Gasteiger partial charge on any atom is -0.468 e. The second kappa shape index (κ2) is 5.89. The first-order valence-electron chi connectivity index (χ1n) is 6.80. The largest absolute Gasteiger partial charge is 0.468 e. The third kappa shape index (κ3) is 3.36. The quantitative estimate of drug-likeness (QED) is 0.873. The predicted molar refractivity (Wildman–Crippen MR) is 76.4 cm³/mol. The monoisotopic (exact) mass is 252 g/mol. The smallest absolute Gasteiger partial charge is 0.122 e. The SMILES string of the molecule is CCC(N)C(c1ccco1)N(C)C(C)C(C)(C)C. The van der Waals surface area contributed by atoms with Gasteiger partial charge in [0.1, 0.15) is 5.76 Å². The average molecular weight is 252 g/mol. The summed E-state index contributed by atoms with van der Waals surface area (Å²) in [6, 6.07) is 4.60. The van der Waals surface area contributed by atoms with E-state index in [2.05, 4.69) is 46.6 Å². The number of nitrogens with two attached hydrogens (primary N) is 1. The molecule has 1 heterocycles. The third-order valence-corrected chi connectivity index (χ3v) is 4.01. The van der Waals surface area contributed by atoms with Crippen LogP contribution in [0.1, 0.15) is 52.8 Å². The fourth-order valence-electron chi connectivity index (χ4n) is 2.25. The Morgan fingerprint density at radius 1 is 1.39 bits per heavy atom. The van der Waals surface area contributed by atoms with E-state index >= 15 is 0 Å². The molecule has 0 bridgehead atoms. The maximum atomic E-state index is 6.29. The summed E-state index contributed by atoms with van der Waals surface area (Å²) < 4.78 is 5.58. The lowest BCUT2D eigenvalue weighted by Crippen LogP contribution is -2.47. The van der Waals surface area contributed by atoms with Gasteiger partial charge in [-0.05, 0) is 37.9 Å². The van der Waals surface area contributed by atoms with Crippen LogP contribution in [0.3, 0.4) is 0 Å². The highest BCUT2D eigenvalue weighted by atomic mass is 16.3. The molecule has 18 heavy (non-hydrogen) atoms. The maximum absolute atomic E-state index is 6.29. The molecule has 0 aliphatic rings. The summed E-state index contributed by atoms with van der Waals surface area (Å²) in [4.78, 5) is 2.34. The van der Waals surface area contributed by atoms with Crippen molar-refractivity contribution in [1.29, 1.82) is 0 Å². The van der Waals surface area contributed by atoms with E-state index in [0.717, 1.165) is 12.2 Å². The van der Waals surface area contributed by atoms with Crippen molar-refractivity contribution < 1.29 is 4.42 Å². The van der Waals surface area contributed by atoms with Crippen LogP contribution < -0.4 is 5.73 Å².